The van der Waals surface area contributed by atoms with Crippen molar-refractivity contribution < 1.29 is 4.74 Å². The van der Waals surface area contributed by atoms with Gasteiger partial charge >= 0.3 is 0 Å². The van der Waals surface area contributed by atoms with Crippen molar-refractivity contribution in [3.8, 4) is 0 Å². The molecule has 1 aliphatic heterocycles. The first-order valence-corrected chi connectivity index (χ1v) is 8.85. The molecule has 2 rings (SSSR count). The van der Waals surface area contributed by atoms with Crippen molar-refractivity contribution in [3.05, 3.63) is 49.2 Å². The molecule has 0 unspecified atom stereocenters. The van der Waals surface area contributed by atoms with Gasteiger partial charge in [0.1, 0.15) is 0 Å². The molecule has 4 heteroatoms. The van der Waals surface area contributed by atoms with Gasteiger partial charge in [-0.05, 0) is 36.9 Å². The number of benzene rings is 1. The van der Waals surface area contributed by atoms with Crippen LogP contribution in [0.2, 0.25) is 0 Å². The highest BCUT2D eigenvalue weighted by Gasteiger charge is 2.07. The van der Waals surface area contributed by atoms with E-state index in [0.29, 0.717) is 0 Å². The molecule has 0 spiro atoms. The largest absolute Gasteiger partial charge is 0.388 e. The summed E-state index contributed by atoms with van der Waals surface area (Å²) in [6.07, 6.45) is 2.92. The van der Waals surface area contributed by atoms with Crippen molar-refractivity contribution in [2.75, 3.05) is 45.2 Å². The lowest BCUT2D eigenvalue weighted by Crippen LogP contribution is -2.36. The Labute approximate surface area is 148 Å². The maximum absolute atomic E-state index is 5.20. The van der Waals surface area contributed by atoms with Crippen molar-refractivity contribution in [2.45, 2.75) is 27.2 Å². The Balaban J connectivity index is 0.000000420. The van der Waals surface area contributed by atoms with Gasteiger partial charge in [-0.3, -0.25) is 4.90 Å². The first-order chi connectivity index (χ1) is 11.7. The second-order valence-corrected chi connectivity index (χ2v) is 5.11. The molecule has 0 bridgehead atoms. The third-order valence-corrected chi connectivity index (χ3v) is 3.43. The first-order valence-electron chi connectivity index (χ1n) is 8.85. The van der Waals surface area contributed by atoms with Crippen LogP contribution in [0.1, 0.15) is 32.8 Å². The Morgan fingerprint density at radius 2 is 1.96 bits per heavy atom. The summed E-state index contributed by atoms with van der Waals surface area (Å²) in [5, 5.41) is 6.02. The highest BCUT2D eigenvalue weighted by molar-refractivity contribution is 5.65. The molecule has 0 aliphatic carbocycles. The summed E-state index contributed by atoms with van der Waals surface area (Å²) in [5.74, 6) is 0. The van der Waals surface area contributed by atoms with E-state index in [1.165, 1.54) is 13.0 Å². The van der Waals surface area contributed by atoms with Crippen molar-refractivity contribution >= 4 is 11.4 Å². The van der Waals surface area contributed by atoms with Gasteiger partial charge in [-0.15, -0.1) is 0 Å². The molecule has 2 N–H and O–H groups in total. The van der Waals surface area contributed by atoms with E-state index in [9.17, 15) is 0 Å². The second-order valence-electron chi connectivity index (χ2n) is 5.11. The number of hydrogen-bond donors (Lipinski definition) is 2. The topological polar surface area (TPSA) is 36.5 Å². The summed E-state index contributed by atoms with van der Waals surface area (Å²) in [7, 11) is 1.86. The van der Waals surface area contributed by atoms with Gasteiger partial charge in [0.2, 0.25) is 0 Å². The lowest BCUT2D eigenvalue weighted by Gasteiger charge is -2.25. The van der Waals surface area contributed by atoms with E-state index in [4.69, 9.17) is 4.74 Å². The predicted molar refractivity (Wildman–Crippen MR) is 107 cm³/mol. The fourth-order valence-corrected chi connectivity index (χ4v) is 2.20. The Hall–Kier alpha value is -1.78. The van der Waals surface area contributed by atoms with Crippen LogP contribution in [0, 0.1) is 0 Å². The fraction of sp³-hybridized carbons (Fsp3) is 0.500. The predicted octanol–water partition coefficient (Wildman–Crippen LogP) is 4.19. The first kappa shape index (κ1) is 22.2. The smallest absolute Gasteiger partial charge is 0.0594 e. The number of ether oxygens (including phenoxy) is 1. The molecule has 0 amide bonds. The van der Waals surface area contributed by atoms with Gasteiger partial charge in [0, 0.05) is 31.5 Å². The normalized spacial score (nSPS) is 13.5. The summed E-state index contributed by atoms with van der Waals surface area (Å²) in [6.45, 7) is 19.1. The highest BCUT2D eigenvalue weighted by Crippen LogP contribution is 2.14. The summed E-state index contributed by atoms with van der Waals surface area (Å²) in [5.41, 5.74) is 3.01. The summed E-state index contributed by atoms with van der Waals surface area (Å²) >= 11 is 0. The number of nitrogens with one attached hydrogen (secondary N) is 2. The zero-order valence-corrected chi connectivity index (χ0v) is 15.9. The van der Waals surface area contributed by atoms with Gasteiger partial charge in [-0.2, -0.15) is 0 Å². The number of nitrogens with zero attached hydrogens (tertiary/aromatic N) is 1. The SMILES string of the molecule is C=CNc1cccc(C(=C)NC)c1.CC.CCCN1CCOCC1. The molecule has 24 heavy (non-hydrogen) atoms. The van der Waals surface area contributed by atoms with Crippen molar-refractivity contribution in [3.63, 3.8) is 0 Å². The number of anilines is 1. The van der Waals surface area contributed by atoms with Crippen molar-refractivity contribution in [1.82, 2.24) is 10.2 Å². The average molecular weight is 334 g/mol. The van der Waals surface area contributed by atoms with E-state index < -0.39 is 0 Å². The standard InChI is InChI=1S/C11H14N2.C7H15NO.C2H6/c1-4-13-11-7-5-6-10(8-11)9(2)12-3;1-2-3-8-4-6-9-7-5-8;1-2/h4-8,12-13H,1-2H2,3H3;2-7H2,1H3;1-2H3. The zero-order chi connectivity index (χ0) is 18.2. The van der Waals surface area contributed by atoms with Crippen LogP contribution in [-0.2, 0) is 4.74 Å². The van der Waals surface area contributed by atoms with Gasteiger partial charge in [-0.25, -0.2) is 0 Å². The van der Waals surface area contributed by atoms with Gasteiger partial charge in [0.25, 0.3) is 0 Å². The monoisotopic (exact) mass is 333 g/mol. The highest BCUT2D eigenvalue weighted by atomic mass is 16.5. The number of rotatable bonds is 6. The summed E-state index contributed by atoms with van der Waals surface area (Å²) in [4.78, 5) is 2.45. The van der Waals surface area contributed by atoms with Gasteiger partial charge in [0.05, 0.1) is 13.2 Å². The molecule has 0 saturated carbocycles. The Kier molecular flexibility index (Phi) is 13.7. The van der Waals surface area contributed by atoms with Crippen LogP contribution >= 0.6 is 0 Å². The van der Waals surface area contributed by atoms with Crippen LogP contribution in [0.25, 0.3) is 5.70 Å². The van der Waals surface area contributed by atoms with Crippen LogP contribution in [0.3, 0.4) is 0 Å². The maximum Gasteiger partial charge on any atom is 0.0594 e. The minimum atomic E-state index is 0.910. The van der Waals surface area contributed by atoms with E-state index in [1.807, 2.05) is 45.2 Å². The number of hydrogen-bond acceptors (Lipinski definition) is 4. The maximum atomic E-state index is 5.20. The van der Waals surface area contributed by atoms with Crippen LogP contribution in [0.5, 0.6) is 0 Å². The van der Waals surface area contributed by atoms with E-state index in [2.05, 4.69) is 35.6 Å². The van der Waals surface area contributed by atoms with Gasteiger partial charge in [-0.1, -0.05) is 46.1 Å². The molecule has 1 aromatic rings. The molecule has 0 radical (unpaired) electrons. The zero-order valence-electron chi connectivity index (χ0n) is 15.9. The van der Waals surface area contributed by atoms with Crippen LogP contribution < -0.4 is 10.6 Å². The average Bonchev–Trinajstić information content (AvgIpc) is 2.65. The quantitative estimate of drug-likeness (QED) is 0.818. The van der Waals surface area contributed by atoms with E-state index >= 15 is 0 Å². The molecule has 4 nitrogen and oxygen atoms in total. The third kappa shape index (κ3) is 9.38. The van der Waals surface area contributed by atoms with Crippen LogP contribution in [-0.4, -0.2) is 44.8 Å². The third-order valence-electron chi connectivity index (χ3n) is 3.43. The van der Waals surface area contributed by atoms with Crippen LogP contribution in [0.15, 0.2) is 43.6 Å². The second kappa shape index (κ2) is 14.8. The Morgan fingerprint density at radius 3 is 2.50 bits per heavy atom. The lowest BCUT2D eigenvalue weighted by molar-refractivity contribution is 0.0380. The molecule has 136 valence electrons. The van der Waals surface area contributed by atoms with Crippen LogP contribution in [0.4, 0.5) is 5.69 Å². The van der Waals surface area contributed by atoms with Gasteiger partial charge < -0.3 is 15.4 Å². The molecule has 0 atom stereocenters. The molecule has 1 aliphatic rings. The molecular weight excluding hydrogens is 298 g/mol. The Bertz CT molecular complexity index is 451. The summed E-state index contributed by atoms with van der Waals surface area (Å²) < 4.78 is 5.20. The minimum Gasteiger partial charge on any atom is -0.388 e. The van der Waals surface area contributed by atoms with Gasteiger partial charge in [0.15, 0.2) is 0 Å². The van der Waals surface area contributed by atoms with E-state index in [-0.39, 0.29) is 0 Å². The molecule has 1 fully saturated rings. The van der Waals surface area contributed by atoms with Crippen molar-refractivity contribution in [1.29, 1.82) is 0 Å². The molecular formula is C20H35N3O. The lowest BCUT2D eigenvalue weighted by atomic mass is 10.1. The molecule has 0 aromatic heterocycles. The number of morpholine rings is 1. The fourth-order valence-electron chi connectivity index (χ4n) is 2.20. The minimum absolute atomic E-state index is 0.910. The molecule has 1 aromatic carbocycles. The molecule has 1 saturated heterocycles. The van der Waals surface area contributed by atoms with Crippen molar-refractivity contribution in [2.24, 2.45) is 0 Å². The Morgan fingerprint density at radius 1 is 1.29 bits per heavy atom. The summed E-state index contributed by atoms with van der Waals surface area (Å²) in [6, 6.07) is 7.98. The van der Waals surface area contributed by atoms with E-state index in [0.717, 1.165) is 43.3 Å². The molecule has 1 heterocycles. The van der Waals surface area contributed by atoms with E-state index in [1.54, 1.807) is 6.20 Å².